The van der Waals surface area contributed by atoms with Gasteiger partial charge in [0.2, 0.25) is 0 Å². The van der Waals surface area contributed by atoms with Crippen LogP contribution in [0, 0.1) is 0 Å². The highest BCUT2D eigenvalue weighted by atomic mass is 28.3. The van der Waals surface area contributed by atoms with Crippen LogP contribution in [0.3, 0.4) is 0 Å². The van der Waals surface area contributed by atoms with Gasteiger partial charge in [0.1, 0.15) is 0 Å². The van der Waals surface area contributed by atoms with Crippen molar-refractivity contribution in [2.75, 3.05) is 14.2 Å². The van der Waals surface area contributed by atoms with E-state index in [1.54, 1.807) is 0 Å². The van der Waals surface area contributed by atoms with Gasteiger partial charge in [-0.2, -0.15) is 0 Å². The van der Waals surface area contributed by atoms with Gasteiger partial charge in [-0.25, -0.2) is 9.59 Å². The van der Waals surface area contributed by atoms with Gasteiger partial charge in [0, 0.05) is 0 Å². The second-order valence-electron chi connectivity index (χ2n) is 9.46. The highest BCUT2D eigenvalue weighted by molar-refractivity contribution is 7.14. The molecule has 1 aliphatic heterocycles. The number of methoxy groups -OCH3 is 2. The zero-order valence-electron chi connectivity index (χ0n) is 22.9. The van der Waals surface area contributed by atoms with Crippen LogP contribution in [0.15, 0.2) is 93.9 Å². The Hall–Kier alpha value is -3.18. The van der Waals surface area contributed by atoms with Gasteiger partial charge in [-0.3, -0.25) is 0 Å². The quantitative estimate of drug-likeness (QED) is 0.272. The number of rotatable bonds is 11. The van der Waals surface area contributed by atoms with Crippen molar-refractivity contribution in [3.8, 4) is 0 Å². The summed E-state index contributed by atoms with van der Waals surface area (Å²) in [4.78, 5) is 27.6. The number of unbranched alkanes of at least 4 members (excludes halogenated alkanes) is 2. The summed E-state index contributed by atoms with van der Waals surface area (Å²) in [7, 11) is -0.357. The molecule has 5 heteroatoms. The van der Waals surface area contributed by atoms with Crippen molar-refractivity contribution in [1.29, 1.82) is 0 Å². The third-order valence-corrected chi connectivity index (χ3v) is 12.3. The van der Waals surface area contributed by atoms with Gasteiger partial charge in [-0.1, -0.05) is 118 Å². The van der Waals surface area contributed by atoms with Gasteiger partial charge < -0.3 is 9.47 Å². The topological polar surface area (TPSA) is 52.6 Å². The predicted molar refractivity (Wildman–Crippen MR) is 153 cm³/mol. The molecule has 196 valence electrons. The Bertz CT molecular complexity index is 1140. The number of esters is 2. The molecule has 2 aromatic carbocycles. The number of carbonyl (C=O) groups is 2. The Labute approximate surface area is 223 Å². The van der Waals surface area contributed by atoms with Crippen LogP contribution >= 0.6 is 0 Å². The Morgan fingerprint density at radius 1 is 0.757 bits per heavy atom. The van der Waals surface area contributed by atoms with Crippen molar-refractivity contribution in [2.45, 2.75) is 65.7 Å². The van der Waals surface area contributed by atoms with E-state index in [1.807, 2.05) is 36.4 Å². The standard InChI is InChI=1S/C32H40O4Si/c1-6-9-17-24(8-3)28-23-27(18-10-7-2)37(25-19-13-11-14-20-25,26-21-15-12-16-22-26)30(32(34)36-5)29(28)31(33)35-4/h11-16,19-23H,6-10,17-18H2,1-5H3/b28-24-. The lowest BCUT2D eigenvalue weighted by molar-refractivity contribution is -0.138. The molecule has 0 aromatic heterocycles. The highest BCUT2D eigenvalue weighted by Gasteiger charge is 2.52. The van der Waals surface area contributed by atoms with Crippen molar-refractivity contribution < 1.29 is 19.1 Å². The normalized spacial score (nSPS) is 16.2. The largest absolute Gasteiger partial charge is 0.466 e. The number of hydrogen-bond acceptors (Lipinski definition) is 4. The number of benzene rings is 2. The lowest BCUT2D eigenvalue weighted by Gasteiger charge is -2.41. The SMILES string of the molecule is CCCCC1=C/C(=C(\CC)CCCC)C(C(=O)OC)=C(C(=O)OC)[Si]1(c1ccccc1)c1ccccc1. The molecule has 0 unspecified atom stereocenters. The maximum atomic E-state index is 13.9. The van der Waals surface area contributed by atoms with Crippen LogP contribution in [0.4, 0.5) is 0 Å². The molecule has 0 spiro atoms. The molecule has 0 atom stereocenters. The molecule has 1 aliphatic rings. The number of carbonyl (C=O) groups excluding carboxylic acids is 2. The molecular weight excluding hydrogens is 476 g/mol. The average Bonchev–Trinajstić information content (AvgIpc) is 2.95. The van der Waals surface area contributed by atoms with Gasteiger partial charge in [-0.15, -0.1) is 0 Å². The van der Waals surface area contributed by atoms with E-state index >= 15 is 0 Å². The molecule has 4 nitrogen and oxygen atoms in total. The fourth-order valence-corrected chi connectivity index (χ4v) is 10.8. The summed E-state index contributed by atoms with van der Waals surface area (Å²) in [5, 5.41) is 3.84. The minimum atomic E-state index is -3.16. The van der Waals surface area contributed by atoms with Crippen molar-refractivity contribution in [3.63, 3.8) is 0 Å². The Morgan fingerprint density at radius 3 is 1.76 bits per heavy atom. The van der Waals surface area contributed by atoms with E-state index in [9.17, 15) is 9.59 Å². The van der Waals surface area contributed by atoms with Gasteiger partial charge >= 0.3 is 11.9 Å². The molecule has 0 radical (unpaired) electrons. The lowest BCUT2D eigenvalue weighted by Crippen LogP contribution is -2.65. The molecule has 3 rings (SSSR count). The van der Waals surface area contributed by atoms with E-state index < -0.39 is 20.0 Å². The van der Waals surface area contributed by atoms with Gasteiger partial charge in [0.05, 0.1) is 25.0 Å². The summed E-state index contributed by atoms with van der Waals surface area (Å²) in [5.41, 5.74) is 2.41. The van der Waals surface area contributed by atoms with Gasteiger partial charge in [0.15, 0.2) is 8.07 Å². The monoisotopic (exact) mass is 516 g/mol. The number of allylic oxidation sites excluding steroid dienone is 3. The first-order chi connectivity index (χ1) is 18.0. The minimum Gasteiger partial charge on any atom is -0.466 e. The van der Waals surface area contributed by atoms with E-state index in [4.69, 9.17) is 9.47 Å². The number of hydrogen-bond donors (Lipinski definition) is 0. The molecule has 0 saturated heterocycles. The maximum Gasteiger partial charge on any atom is 0.338 e. The van der Waals surface area contributed by atoms with Crippen molar-refractivity contribution >= 4 is 30.4 Å². The van der Waals surface area contributed by atoms with Crippen molar-refractivity contribution in [2.24, 2.45) is 0 Å². The van der Waals surface area contributed by atoms with Crippen molar-refractivity contribution in [1.82, 2.24) is 0 Å². The molecule has 0 amide bonds. The molecule has 0 bridgehead atoms. The summed E-state index contributed by atoms with van der Waals surface area (Å²) in [6.07, 6.45) is 8.86. The molecule has 2 aromatic rings. The van der Waals surface area contributed by atoms with Gasteiger partial charge in [0.25, 0.3) is 0 Å². The van der Waals surface area contributed by atoms with Crippen molar-refractivity contribution in [3.05, 3.63) is 93.9 Å². The average molecular weight is 517 g/mol. The molecule has 0 fully saturated rings. The molecule has 0 aliphatic carbocycles. The summed E-state index contributed by atoms with van der Waals surface area (Å²) < 4.78 is 10.9. The fraction of sp³-hybridized carbons (Fsp3) is 0.375. The zero-order valence-corrected chi connectivity index (χ0v) is 23.9. The van der Waals surface area contributed by atoms with Crippen LogP contribution in [0.25, 0.3) is 0 Å². The summed E-state index contributed by atoms with van der Waals surface area (Å²) in [6.45, 7) is 6.48. The predicted octanol–water partition coefficient (Wildman–Crippen LogP) is 6.00. The Morgan fingerprint density at radius 2 is 1.30 bits per heavy atom. The van der Waals surface area contributed by atoms with E-state index in [-0.39, 0.29) is 0 Å². The highest BCUT2D eigenvalue weighted by Crippen LogP contribution is 2.41. The third-order valence-electron chi connectivity index (χ3n) is 7.33. The summed E-state index contributed by atoms with van der Waals surface area (Å²) >= 11 is 0. The smallest absolute Gasteiger partial charge is 0.338 e. The van der Waals surface area contributed by atoms with Crippen LogP contribution < -0.4 is 10.4 Å². The molecule has 1 heterocycles. The zero-order chi connectivity index (χ0) is 26.8. The van der Waals surface area contributed by atoms with Crippen LogP contribution in [0.5, 0.6) is 0 Å². The minimum absolute atomic E-state index is 0.377. The van der Waals surface area contributed by atoms with Crippen LogP contribution in [0.1, 0.15) is 65.7 Å². The van der Waals surface area contributed by atoms with E-state index in [1.165, 1.54) is 25.0 Å². The second kappa shape index (κ2) is 13.4. The summed E-state index contributed by atoms with van der Waals surface area (Å²) in [6, 6.07) is 20.4. The first-order valence-corrected chi connectivity index (χ1v) is 15.5. The van der Waals surface area contributed by atoms with Crippen LogP contribution in [0.2, 0.25) is 0 Å². The van der Waals surface area contributed by atoms with E-state index in [0.717, 1.165) is 60.9 Å². The molecule has 37 heavy (non-hydrogen) atoms. The van der Waals surface area contributed by atoms with E-state index in [2.05, 4.69) is 51.1 Å². The maximum absolute atomic E-state index is 13.9. The second-order valence-corrected chi connectivity index (χ2v) is 13.3. The Balaban J connectivity index is 2.60. The van der Waals surface area contributed by atoms with Gasteiger partial charge in [-0.05, 0) is 41.6 Å². The third kappa shape index (κ3) is 5.57. The van der Waals surface area contributed by atoms with Crippen LogP contribution in [-0.4, -0.2) is 34.2 Å². The molecule has 0 N–H and O–H groups in total. The lowest BCUT2D eigenvalue weighted by atomic mass is 9.92. The fourth-order valence-electron chi connectivity index (χ4n) is 5.51. The molecule has 0 saturated carbocycles. The van der Waals surface area contributed by atoms with Crippen LogP contribution in [-0.2, 0) is 19.1 Å². The first-order valence-electron chi connectivity index (χ1n) is 13.5. The molecular formula is C32H40O4Si. The number of ether oxygens (including phenoxy) is 2. The Kier molecular flexibility index (Phi) is 10.3. The summed E-state index contributed by atoms with van der Waals surface area (Å²) in [5.74, 6) is -0.933. The van der Waals surface area contributed by atoms with E-state index in [0.29, 0.717) is 10.8 Å². The first kappa shape index (κ1) is 28.4.